The first-order valence-corrected chi connectivity index (χ1v) is 18.0. The Kier molecular flexibility index (Phi) is 11.4. The molecule has 0 radical (unpaired) electrons. The second kappa shape index (κ2) is 14.7. The first-order chi connectivity index (χ1) is 18.4. The van der Waals surface area contributed by atoms with Gasteiger partial charge in [0.1, 0.15) is 24.4 Å². The summed E-state index contributed by atoms with van der Waals surface area (Å²) in [5.74, 6) is 0. The van der Waals surface area contributed by atoms with Crippen LogP contribution in [0.25, 0.3) is 0 Å². The van der Waals surface area contributed by atoms with Gasteiger partial charge in [0.05, 0.1) is 25.9 Å². The van der Waals surface area contributed by atoms with Gasteiger partial charge in [-0.2, -0.15) is 0 Å². The molecule has 0 bridgehead atoms. The van der Waals surface area contributed by atoms with Crippen molar-refractivity contribution in [3.05, 3.63) is 71.8 Å². The number of aliphatic hydroxyl groups excluding tert-OH is 1. The minimum Gasteiger partial charge on any atom is -0.387 e. The molecule has 7 heteroatoms. The number of rotatable bonds is 13. The predicted octanol–water partition coefficient (Wildman–Crippen LogP) is 5.95. The molecule has 3 unspecified atom stereocenters. The lowest BCUT2D eigenvalue weighted by atomic mass is 9.95. The van der Waals surface area contributed by atoms with Crippen molar-refractivity contribution in [3.63, 3.8) is 0 Å². The van der Waals surface area contributed by atoms with E-state index in [9.17, 15) is 5.11 Å². The van der Waals surface area contributed by atoms with Gasteiger partial charge >= 0.3 is 0 Å². The Bertz CT molecular complexity index is 915. The van der Waals surface area contributed by atoms with Crippen LogP contribution in [0.5, 0.6) is 0 Å². The van der Waals surface area contributed by atoms with E-state index >= 15 is 0 Å². The van der Waals surface area contributed by atoms with Gasteiger partial charge in [-0.1, -0.05) is 99.6 Å². The van der Waals surface area contributed by atoms with E-state index in [4.69, 9.17) is 23.7 Å². The van der Waals surface area contributed by atoms with Crippen molar-refractivity contribution in [3.8, 4) is 0 Å². The molecule has 2 fully saturated rings. The Labute approximate surface area is 229 Å². The van der Waals surface area contributed by atoms with Crippen LogP contribution in [0.15, 0.2) is 60.7 Å². The van der Waals surface area contributed by atoms with Gasteiger partial charge in [-0.05, 0) is 30.0 Å². The van der Waals surface area contributed by atoms with E-state index in [0.717, 1.165) is 42.9 Å². The predicted molar refractivity (Wildman–Crippen MR) is 152 cm³/mol. The van der Waals surface area contributed by atoms with Crippen LogP contribution in [0.3, 0.4) is 0 Å². The standard InChI is InChI=1S/C31H46O6Si/c1-38(2,3)20-19-34-31-30(35-22-25-15-9-5-10-16-25)29(36-26-17-11-6-12-18-26)28(32)27(37-31)23-33-21-24-13-7-4-8-14-24/h4-5,7-10,13-16,26-32H,6,11-12,17-23H2,1-3H3/t27?,28-,29?,30?,31+/m0/s1. The van der Waals surface area contributed by atoms with Gasteiger partial charge in [-0.3, -0.25) is 0 Å². The summed E-state index contributed by atoms with van der Waals surface area (Å²) in [5, 5.41) is 11.5. The van der Waals surface area contributed by atoms with Crippen molar-refractivity contribution >= 4 is 8.07 Å². The van der Waals surface area contributed by atoms with Crippen molar-refractivity contribution in [1.82, 2.24) is 0 Å². The highest BCUT2D eigenvalue weighted by atomic mass is 28.3. The maximum Gasteiger partial charge on any atom is 0.186 e. The fourth-order valence-electron chi connectivity index (χ4n) is 5.03. The second-order valence-corrected chi connectivity index (χ2v) is 17.5. The van der Waals surface area contributed by atoms with Gasteiger partial charge < -0.3 is 28.8 Å². The van der Waals surface area contributed by atoms with E-state index < -0.39 is 38.8 Å². The Morgan fingerprint density at radius 3 is 2.08 bits per heavy atom. The average molecular weight is 543 g/mol. The molecule has 2 aliphatic rings. The summed E-state index contributed by atoms with van der Waals surface area (Å²) in [6.07, 6.45) is 2.47. The maximum absolute atomic E-state index is 11.5. The monoisotopic (exact) mass is 542 g/mol. The lowest BCUT2D eigenvalue weighted by Gasteiger charge is -2.45. The quantitative estimate of drug-likeness (QED) is 0.316. The van der Waals surface area contributed by atoms with Crippen molar-refractivity contribution < 1.29 is 28.8 Å². The first kappa shape index (κ1) is 29.4. The molecule has 1 aliphatic heterocycles. The minimum atomic E-state index is -1.30. The summed E-state index contributed by atoms with van der Waals surface area (Å²) in [4.78, 5) is 0. The van der Waals surface area contributed by atoms with Crippen LogP contribution >= 0.6 is 0 Å². The first-order valence-electron chi connectivity index (χ1n) is 14.3. The van der Waals surface area contributed by atoms with E-state index in [0.29, 0.717) is 19.8 Å². The molecule has 38 heavy (non-hydrogen) atoms. The van der Waals surface area contributed by atoms with Gasteiger partial charge in [0, 0.05) is 14.7 Å². The van der Waals surface area contributed by atoms with Crippen molar-refractivity contribution in [1.29, 1.82) is 0 Å². The molecule has 4 rings (SSSR count). The second-order valence-electron chi connectivity index (χ2n) is 11.8. The third-order valence-electron chi connectivity index (χ3n) is 7.33. The number of ether oxygens (including phenoxy) is 5. The fourth-order valence-corrected chi connectivity index (χ4v) is 5.76. The van der Waals surface area contributed by atoms with Crippen LogP contribution in [0, 0.1) is 0 Å². The van der Waals surface area contributed by atoms with E-state index in [1.54, 1.807) is 0 Å². The SMILES string of the molecule is C[Si](C)(C)CCO[C@@H]1OC(COCc2ccccc2)[C@H](O)C(OC2CCCCC2)C1OCc1ccccc1. The lowest BCUT2D eigenvalue weighted by Crippen LogP contribution is -2.61. The van der Waals surface area contributed by atoms with Crippen molar-refractivity contribution in [2.75, 3.05) is 13.2 Å². The third-order valence-corrected chi connectivity index (χ3v) is 9.04. The molecule has 1 saturated carbocycles. The number of aliphatic hydroxyl groups is 1. The van der Waals surface area contributed by atoms with Crippen molar-refractivity contribution in [2.45, 2.75) is 108 Å². The smallest absolute Gasteiger partial charge is 0.186 e. The Balaban J connectivity index is 1.49. The zero-order valence-corrected chi connectivity index (χ0v) is 24.3. The number of hydrogen-bond acceptors (Lipinski definition) is 6. The minimum absolute atomic E-state index is 0.109. The van der Waals surface area contributed by atoms with E-state index in [2.05, 4.69) is 19.6 Å². The number of hydrogen-bond donors (Lipinski definition) is 1. The highest BCUT2D eigenvalue weighted by molar-refractivity contribution is 6.76. The topological polar surface area (TPSA) is 66.4 Å². The molecule has 1 saturated heterocycles. The molecule has 0 aromatic heterocycles. The van der Waals surface area contributed by atoms with Crippen LogP contribution in [0.1, 0.15) is 43.2 Å². The molecular weight excluding hydrogens is 496 g/mol. The number of benzene rings is 2. The molecule has 5 atom stereocenters. The van der Waals surface area contributed by atoms with Crippen LogP contribution in [-0.2, 0) is 36.9 Å². The zero-order chi connectivity index (χ0) is 26.8. The summed E-state index contributed by atoms with van der Waals surface area (Å²) in [7, 11) is -1.30. The van der Waals surface area contributed by atoms with Gasteiger partial charge in [-0.25, -0.2) is 0 Å². The summed E-state index contributed by atoms with van der Waals surface area (Å²) in [5.41, 5.74) is 2.15. The third kappa shape index (κ3) is 9.26. The highest BCUT2D eigenvalue weighted by Crippen LogP contribution is 2.32. The summed E-state index contributed by atoms with van der Waals surface area (Å²) in [6.45, 7) is 8.70. The molecule has 210 valence electrons. The van der Waals surface area contributed by atoms with E-state index in [-0.39, 0.29) is 12.7 Å². The molecule has 0 amide bonds. The Morgan fingerprint density at radius 2 is 1.45 bits per heavy atom. The molecule has 2 aromatic rings. The van der Waals surface area contributed by atoms with Gasteiger partial charge in [0.25, 0.3) is 0 Å². The van der Waals surface area contributed by atoms with E-state index in [1.165, 1.54) is 6.42 Å². The molecule has 1 aliphatic carbocycles. The van der Waals surface area contributed by atoms with Gasteiger partial charge in [0.15, 0.2) is 6.29 Å². The Hall–Kier alpha value is -1.58. The summed E-state index contributed by atoms with van der Waals surface area (Å²) >= 11 is 0. The van der Waals surface area contributed by atoms with Crippen LogP contribution in [0.2, 0.25) is 25.7 Å². The molecular formula is C31H46O6Si. The Morgan fingerprint density at radius 1 is 0.816 bits per heavy atom. The molecule has 2 aromatic carbocycles. The molecule has 6 nitrogen and oxygen atoms in total. The normalized spacial score (nSPS) is 26.9. The largest absolute Gasteiger partial charge is 0.387 e. The van der Waals surface area contributed by atoms with Crippen LogP contribution < -0.4 is 0 Å². The molecule has 0 spiro atoms. The maximum atomic E-state index is 11.5. The van der Waals surface area contributed by atoms with Crippen molar-refractivity contribution in [2.24, 2.45) is 0 Å². The fraction of sp³-hybridized carbons (Fsp3) is 0.613. The van der Waals surface area contributed by atoms with Crippen LogP contribution in [-0.4, -0.2) is 63.2 Å². The summed E-state index contributed by atoms with van der Waals surface area (Å²) in [6, 6.07) is 21.1. The molecule has 1 N–H and O–H groups in total. The van der Waals surface area contributed by atoms with E-state index in [1.807, 2.05) is 60.7 Å². The van der Waals surface area contributed by atoms with Gasteiger partial charge in [0.2, 0.25) is 0 Å². The zero-order valence-electron chi connectivity index (χ0n) is 23.3. The van der Waals surface area contributed by atoms with Crippen LogP contribution in [0.4, 0.5) is 0 Å². The molecule has 1 heterocycles. The van der Waals surface area contributed by atoms with Gasteiger partial charge in [-0.15, -0.1) is 0 Å². The highest BCUT2D eigenvalue weighted by Gasteiger charge is 2.48. The summed E-state index contributed by atoms with van der Waals surface area (Å²) < 4.78 is 31.8. The lowest BCUT2D eigenvalue weighted by molar-refractivity contribution is -0.324. The average Bonchev–Trinajstić information content (AvgIpc) is 2.91.